The van der Waals surface area contributed by atoms with Gasteiger partial charge in [0.25, 0.3) is 0 Å². The Morgan fingerprint density at radius 2 is 1.57 bits per heavy atom. The van der Waals surface area contributed by atoms with Gasteiger partial charge in [-0.15, -0.1) is 0 Å². The predicted octanol–water partition coefficient (Wildman–Crippen LogP) is 7.61. The molecule has 11 heteroatoms. The SMILES string of the molecule is COC(=O)C[C@H](CC(C)(F)F)c1ccc(Cl)c(NC(=O)[C@H](c2ccc(Cl)cc2)[C@@H](C)C(F)(F)F)c1. The van der Waals surface area contributed by atoms with Crippen LogP contribution >= 0.6 is 23.2 Å². The van der Waals surface area contributed by atoms with Gasteiger partial charge in [-0.1, -0.05) is 48.3 Å². The fourth-order valence-electron chi connectivity index (χ4n) is 3.65. The Labute approximate surface area is 209 Å². The molecule has 192 valence electrons. The quantitative estimate of drug-likeness (QED) is 0.263. The van der Waals surface area contributed by atoms with Crippen molar-refractivity contribution in [3.63, 3.8) is 0 Å². The Morgan fingerprint density at radius 1 is 1.00 bits per heavy atom. The van der Waals surface area contributed by atoms with E-state index in [1.165, 1.54) is 42.5 Å². The van der Waals surface area contributed by atoms with Crippen LogP contribution in [0.2, 0.25) is 10.0 Å². The summed E-state index contributed by atoms with van der Waals surface area (Å²) in [7, 11) is 1.12. The summed E-state index contributed by atoms with van der Waals surface area (Å²) in [4.78, 5) is 24.8. The summed E-state index contributed by atoms with van der Waals surface area (Å²) in [6, 6.07) is 9.38. The van der Waals surface area contributed by atoms with Crippen molar-refractivity contribution in [2.75, 3.05) is 12.4 Å². The summed E-state index contributed by atoms with van der Waals surface area (Å²) in [6.07, 6.45) is -5.76. The van der Waals surface area contributed by atoms with Gasteiger partial charge in [0.1, 0.15) is 0 Å². The van der Waals surface area contributed by atoms with Gasteiger partial charge in [-0.2, -0.15) is 13.2 Å². The standard InChI is InChI=1S/C24H24Cl2F5NO3/c1-13(24(29,30)31)21(14-4-7-17(25)8-5-14)22(34)32-19-10-15(6-9-18(19)26)16(11-20(33)35-3)12-23(2,27)28/h4-10,13,16,21H,11-12H2,1-3H3,(H,32,34)/t13-,16-,21+/m1/s1. The number of carbonyl (C=O) groups is 2. The molecule has 0 saturated carbocycles. The maximum atomic E-state index is 13.8. The van der Waals surface area contributed by atoms with Crippen molar-refractivity contribution >= 4 is 40.8 Å². The third kappa shape index (κ3) is 8.35. The van der Waals surface area contributed by atoms with Gasteiger partial charge in [-0.25, -0.2) is 8.78 Å². The molecule has 35 heavy (non-hydrogen) atoms. The van der Waals surface area contributed by atoms with Crippen LogP contribution < -0.4 is 5.32 Å². The van der Waals surface area contributed by atoms with Crippen LogP contribution in [0.15, 0.2) is 42.5 Å². The largest absolute Gasteiger partial charge is 0.469 e. The molecule has 1 amide bonds. The molecule has 1 N–H and O–H groups in total. The number of methoxy groups -OCH3 is 1. The lowest BCUT2D eigenvalue weighted by Crippen LogP contribution is -2.34. The average molecular weight is 540 g/mol. The molecular formula is C24H24Cl2F5NO3. The van der Waals surface area contributed by atoms with Crippen LogP contribution in [0.5, 0.6) is 0 Å². The summed E-state index contributed by atoms with van der Waals surface area (Å²) in [5.41, 5.74) is 0.249. The summed E-state index contributed by atoms with van der Waals surface area (Å²) in [5.74, 6) is -9.53. The van der Waals surface area contributed by atoms with Crippen LogP contribution in [0.25, 0.3) is 0 Å². The first-order chi connectivity index (χ1) is 16.1. The Kier molecular flexibility index (Phi) is 9.53. The third-order valence-electron chi connectivity index (χ3n) is 5.49. The molecule has 0 spiro atoms. The number of esters is 1. The highest BCUT2D eigenvalue weighted by atomic mass is 35.5. The number of halogens is 7. The van der Waals surface area contributed by atoms with Crippen molar-refractivity contribution in [2.45, 2.75) is 50.6 Å². The zero-order valence-electron chi connectivity index (χ0n) is 19.1. The molecule has 2 aromatic carbocycles. The van der Waals surface area contributed by atoms with Crippen LogP contribution in [0.3, 0.4) is 0 Å². The number of anilines is 1. The molecule has 0 saturated heterocycles. The highest BCUT2D eigenvalue weighted by Gasteiger charge is 2.45. The molecule has 0 unspecified atom stereocenters. The number of hydrogen-bond donors (Lipinski definition) is 1. The Balaban J connectivity index is 2.43. The highest BCUT2D eigenvalue weighted by molar-refractivity contribution is 6.33. The maximum Gasteiger partial charge on any atom is 0.392 e. The lowest BCUT2D eigenvalue weighted by atomic mass is 9.85. The fraction of sp³-hybridized carbons (Fsp3) is 0.417. The summed E-state index contributed by atoms with van der Waals surface area (Å²) >= 11 is 12.0. The Bertz CT molecular complexity index is 1040. The zero-order chi connectivity index (χ0) is 26.6. The molecule has 0 bridgehead atoms. The van der Waals surface area contributed by atoms with E-state index in [1.807, 2.05) is 0 Å². The molecule has 2 aromatic rings. The smallest absolute Gasteiger partial charge is 0.392 e. The van der Waals surface area contributed by atoms with E-state index in [1.54, 1.807) is 0 Å². The second-order valence-electron chi connectivity index (χ2n) is 8.34. The van der Waals surface area contributed by atoms with Gasteiger partial charge in [0.15, 0.2) is 0 Å². The number of amides is 1. The molecule has 3 atom stereocenters. The minimum Gasteiger partial charge on any atom is -0.469 e. The zero-order valence-corrected chi connectivity index (χ0v) is 20.6. The van der Waals surface area contributed by atoms with Crippen molar-refractivity contribution in [3.8, 4) is 0 Å². The van der Waals surface area contributed by atoms with Crippen LogP contribution in [0.4, 0.5) is 27.6 Å². The van der Waals surface area contributed by atoms with Gasteiger partial charge >= 0.3 is 12.1 Å². The molecule has 0 aliphatic carbocycles. The molecule has 0 aliphatic rings. The molecule has 2 rings (SSSR count). The summed E-state index contributed by atoms with van der Waals surface area (Å²) in [5, 5.41) is 2.66. The number of hydrogen-bond acceptors (Lipinski definition) is 3. The summed E-state index contributed by atoms with van der Waals surface area (Å²) < 4.78 is 72.8. The van der Waals surface area contributed by atoms with E-state index in [4.69, 9.17) is 23.2 Å². The monoisotopic (exact) mass is 539 g/mol. The molecular weight excluding hydrogens is 516 g/mol. The number of carbonyl (C=O) groups excluding carboxylic acids is 2. The normalized spacial score (nSPS) is 14.7. The second kappa shape index (κ2) is 11.6. The Hall–Kier alpha value is -2.39. The number of benzene rings is 2. The number of ether oxygens (including phenoxy) is 1. The van der Waals surface area contributed by atoms with Crippen LogP contribution in [0.1, 0.15) is 49.7 Å². The van der Waals surface area contributed by atoms with E-state index in [0.717, 1.165) is 14.0 Å². The molecule has 0 aliphatic heterocycles. The van der Waals surface area contributed by atoms with Crippen molar-refractivity contribution in [1.29, 1.82) is 0 Å². The van der Waals surface area contributed by atoms with Crippen molar-refractivity contribution in [2.24, 2.45) is 5.92 Å². The first-order valence-corrected chi connectivity index (χ1v) is 11.2. The molecule has 0 aromatic heterocycles. The molecule has 0 radical (unpaired) electrons. The van der Waals surface area contributed by atoms with Crippen LogP contribution in [-0.2, 0) is 14.3 Å². The van der Waals surface area contributed by atoms with Crippen LogP contribution in [0, 0.1) is 5.92 Å². The summed E-state index contributed by atoms with van der Waals surface area (Å²) in [6.45, 7) is 1.58. The Morgan fingerprint density at radius 3 is 2.09 bits per heavy atom. The third-order valence-corrected chi connectivity index (χ3v) is 6.07. The van der Waals surface area contributed by atoms with Gasteiger partial charge in [0, 0.05) is 17.4 Å². The van der Waals surface area contributed by atoms with E-state index in [0.29, 0.717) is 6.92 Å². The highest BCUT2D eigenvalue weighted by Crippen LogP contribution is 2.40. The first-order valence-electron chi connectivity index (χ1n) is 10.5. The van der Waals surface area contributed by atoms with Crippen molar-refractivity contribution < 1.29 is 36.3 Å². The number of nitrogens with one attached hydrogen (secondary N) is 1. The van der Waals surface area contributed by atoms with E-state index in [2.05, 4.69) is 10.1 Å². The van der Waals surface area contributed by atoms with Gasteiger partial charge in [0.2, 0.25) is 11.8 Å². The van der Waals surface area contributed by atoms with Gasteiger partial charge in [0.05, 0.1) is 36.1 Å². The molecule has 0 fully saturated rings. The number of rotatable bonds is 9. The maximum absolute atomic E-state index is 13.8. The van der Waals surface area contributed by atoms with Crippen molar-refractivity contribution in [1.82, 2.24) is 0 Å². The van der Waals surface area contributed by atoms with Gasteiger partial charge in [-0.05, 0) is 42.3 Å². The van der Waals surface area contributed by atoms with E-state index >= 15 is 0 Å². The lowest BCUT2D eigenvalue weighted by molar-refractivity contribution is -0.178. The van der Waals surface area contributed by atoms with Crippen LogP contribution in [-0.4, -0.2) is 31.1 Å². The molecule has 0 heterocycles. The minimum absolute atomic E-state index is 0.0169. The lowest BCUT2D eigenvalue weighted by Gasteiger charge is -2.26. The van der Waals surface area contributed by atoms with Gasteiger partial charge < -0.3 is 10.1 Å². The fourth-order valence-corrected chi connectivity index (χ4v) is 3.95. The predicted molar refractivity (Wildman–Crippen MR) is 124 cm³/mol. The van der Waals surface area contributed by atoms with Crippen molar-refractivity contribution in [3.05, 3.63) is 63.6 Å². The first kappa shape index (κ1) is 28.8. The number of alkyl halides is 5. The molecule has 4 nitrogen and oxygen atoms in total. The van der Waals surface area contributed by atoms with E-state index < -0.39 is 48.1 Å². The second-order valence-corrected chi connectivity index (χ2v) is 9.18. The minimum atomic E-state index is -4.69. The van der Waals surface area contributed by atoms with E-state index in [9.17, 15) is 31.5 Å². The van der Waals surface area contributed by atoms with E-state index in [-0.39, 0.29) is 33.3 Å². The van der Waals surface area contributed by atoms with Gasteiger partial charge in [-0.3, -0.25) is 9.59 Å². The average Bonchev–Trinajstić information content (AvgIpc) is 2.74. The topological polar surface area (TPSA) is 55.4 Å².